The van der Waals surface area contributed by atoms with Crippen molar-refractivity contribution in [1.29, 1.82) is 0 Å². The highest BCUT2D eigenvalue weighted by molar-refractivity contribution is 5.76. The van der Waals surface area contributed by atoms with E-state index in [0.29, 0.717) is 17.6 Å². The Bertz CT molecular complexity index is 384. The number of carboxylic acids is 1. The number of rotatable bonds is 5. The fourth-order valence-electron chi connectivity index (χ4n) is 1.28. The second-order valence-electron chi connectivity index (χ2n) is 3.81. The number of carbonyl (C=O) groups excluding carboxylic acids is 1. The minimum atomic E-state index is -1.01. The molecule has 0 radical (unpaired) electrons. The summed E-state index contributed by atoms with van der Waals surface area (Å²) in [5.74, 6) is -0.755. The van der Waals surface area contributed by atoms with Gasteiger partial charge < -0.3 is 9.84 Å². The minimum absolute atomic E-state index is 0.141. The number of benzene rings is 1. The SMILES string of the molecule is CC(C)C(Oc1cccc(C=O)c1)C(=O)O. The van der Waals surface area contributed by atoms with Crippen LogP contribution in [0.25, 0.3) is 0 Å². The second-order valence-corrected chi connectivity index (χ2v) is 3.81. The monoisotopic (exact) mass is 222 g/mol. The Hall–Kier alpha value is -1.84. The third kappa shape index (κ3) is 3.08. The fourth-order valence-corrected chi connectivity index (χ4v) is 1.28. The predicted molar refractivity (Wildman–Crippen MR) is 58.7 cm³/mol. The predicted octanol–water partition coefficient (Wildman–Crippen LogP) is 1.99. The Morgan fingerprint density at radius 3 is 2.62 bits per heavy atom. The normalized spacial score (nSPS) is 12.2. The molecule has 1 N–H and O–H groups in total. The molecule has 1 atom stereocenters. The van der Waals surface area contributed by atoms with Gasteiger partial charge in [0.2, 0.25) is 0 Å². The van der Waals surface area contributed by atoms with Gasteiger partial charge in [0.15, 0.2) is 6.10 Å². The van der Waals surface area contributed by atoms with Crippen molar-refractivity contribution in [2.45, 2.75) is 20.0 Å². The smallest absolute Gasteiger partial charge is 0.345 e. The summed E-state index contributed by atoms with van der Waals surface area (Å²) in [4.78, 5) is 21.4. The molecule has 0 saturated heterocycles. The summed E-state index contributed by atoms with van der Waals surface area (Å²) in [6, 6.07) is 6.43. The summed E-state index contributed by atoms with van der Waals surface area (Å²) in [5, 5.41) is 8.94. The lowest BCUT2D eigenvalue weighted by molar-refractivity contribution is -0.147. The van der Waals surface area contributed by atoms with Gasteiger partial charge in [-0.2, -0.15) is 0 Å². The molecule has 86 valence electrons. The largest absolute Gasteiger partial charge is 0.478 e. The number of carboxylic acid groups (broad SMARTS) is 1. The molecule has 4 heteroatoms. The highest BCUT2D eigenvalue weighted by Crippen LogP contribution is 2.17. The molecular weight excluding hydrogens is 208 g/mol. The molecule has 1 rings (SSSR count). The van der Waals surface area contributed by atoms with Crippen molar-refractivity contribution in [2.24, 2.45) is 5.92 Å². The van der Waals surface area contributed by atoms with Gasteiger partial charge in [0.25, 0.3) is 0 Å². The van der Waals surface area contributed by atoms with E-state index in [2.05, 4.69) is 0 Å². The summed E-state index contributed by atoms with van der Waals surface area (Å²) in [6.45, 7) is 3.53. The molecule has 0 aliphatic carbocycles. The molecule has 0 aromatic heterocycles. The van der Waals surface area contributed by atoms with E-state index in [1.54, 1.807) is 32.0 Å². The standard InChI is InChI=1S/C12H14O4/c1-8(2)11(12(14)15)16-10-5-3-4-9(6-10)7-13/h3-8,11H,1-2H3,(H,14,15). The van der Waals surface area contributed by atoms with E-state index in [4.69, 9.17) is 9.84 Å². The first kappa shape index (κ1) is 12.2. The zero-order valence-corrected chi connectivity index (χ0v) is 9.21. The quantitative estimate of drug-likeness (QED) is 0.774. The Kier molecular flexibility index (Phi) is 4.05. The maximum atomic E-state index is 10.9. The van der Waals surface area contributed by atoms with Crippen molar-refractivity contribution in [3.05, 3.63) is 29.8 Å². The summed E-state index contributed by atoms with van der Waals surface area (Å²) < 4.78 is 5.32. The van der Waals surface area contributed by atoms with Crippen LogP contribution in [0, 0.1) is 5.92 Å². The molecule has 16 heavy (non-hydrogen) atoms. The van der Waals surface area contributed by atoms with Gasteiger partial charge in [-0.1, -0.05) is 26.0 Å². The van der Waals surface area contributed by atoms with Gasteiger partial charge in [0.1, 0.15) is 12.0 Å². The molecule has 0 bridgehead atoms. The lowest BCUT2D eigenvalue weighted by Crippen LogP contribution is -2.32. The molecule has 1 aromatic carbocycles. The van der Waals surface area contributed by atoms with Crippen LogP contribution in [-0.2, 0) is 4.79 Å². The lowest BCUT2D eigenvalue weighted by Gasteiger charge is -2.18. The average Bonchev–Trinajstić information content (AvgIpc) is 2.25. The van der Waals surface area contributed by atoms with Crippen LogP contribution >= 0.6 is 0 Å². The van der Waals surface area contributed by atoms with E-state index < -0.39 is 12.1 Å². The first-order valence-corrected chi connectivity index (χ1v) is 4.99. The van der Waals surface area contributed by atoms with Crippen molar-refractivity contribution >= 4 is 12.3 Å². The summed E-state index contributed by atoms with van der Waals surface area (Å²) in [6.07, 6.45) is -0.209. The van der Waals surface area contributed by atoms with Crippen LogP contribution in [0.3, 0.4) is 0 Å². The van der Waals surface area contributed by atoms with Gasteiger partial charge in [0.05, 0.1) is 0 Å². The molecule has 0 heterocycles. The first-order chi connectivity index (χ1) is 7.54. The number of hydrogen-bond donors (Lipinski definition) is 1. The lowest BCUT2D eigenvalue weighted by atomic mass is 10.1. The number of aldehydes is 1. The van der Waals surface area contributed by atoms with Crippen LogP contribution < -0.4 is 4.74 Å². The molecule has 0 spiro atoms. The van der Waals surface area contributed by atoms with Crippen molar-refractivity contribution < 1.29 is 19.4 Å². The van der Waals surface area contributed by atoms with E-state index in [-0.39, 0.29) is 5.92 Å². The molecule has 1 unspecified atom stereocenters. The molecule has 0 saturated carbocycles. The van der Waals surface area contributed by atoms with E-state index in [0.717, 1.165) is 0 Å². The number of aliphatic carboxylic acids is 1. The molecular formula is C12H14O4. The molecule has 4 nitrogen and oxygen atoms in total. The Balaban J connectivity index is 2.84. The maximum Gasteiger partial charge on any atom is 0.345 e. The van der Waals surface area contributed by atoms with Gasteiger partial charge >= 0.3 is 5.97 Å². The summed E-state index contributed by atoms with van der Waals surface area (Å²) >= 11 is 0. The molecule has 0 aliphatic rings. The van der Waals surface area contributed by atoms with E-state index in [1.165, 1.54) is 6.07 Å². The van der Waals surface area contributed by atoms with Crippen molar-refractivity contribution in [3.8, 4) is 5.75 Å². The molecule has 1 aromatic rings. The third-order valence-electron chi connectivity index (χ3n) is 2.11. The minimum Gasteiger partial charge on any atom is -0.478 e. The van der Waals surface area contributed by atoms with Crippen molar-refractivity contribution in [2.75, 3.05) is 0 Å². The van der Waals surface area contributed by atoms with Gasteiger partial charge in [-0.05, 0) is 12.1 Å². The Morgan fingerprint density at radius 2 is 2.12 bits per heavy atom. The zero-order valence-electron chi connectivity index (χ0n) is 9.21. The summed E-state index contributed by atoms with van der Waals surface area (Å²) in [5.41, 5.74) is 0.463. The molecule has 0 aliphatic heterocycles. The van der Waals surface area contributed by atoms with Crippen LogP contribution in [0.1, 0.15) is 24.2 Å². The van der Waals surface area contributed by atoms with Crippen molar-refractivity contribution in [1.82, 2.24) is 0 Å². The second kappa shape index (κ2) is 5.30. The van der Waals surface area contributed by atoms with Crippen LogP contribution in [0.5, 0.6) is 5.75 Å². The third-order valence-corrected chi connectivity index (χ3v) is 2.11. The number of hydrogen-bond acceptors (Lipinski definition) is 3. The fraction of sp³-hybridized carbons (Fsp3) is 0.333. The Morgan fingerprint density at radius 1 is 1.44 bits per heavy atom. The van der Waals surface area contributed by atoms with Crippen LogP contribution in [0.4, 0.5) is 0 Å². The van der Waals surface area contributed by atoms with E-state index >= 15 is 0 Å². The highest BCUT2D eigenvalue weighted by Gasteiger charge is 2.23. The Labute approximate surface area is 93.9 Å². The van der Waals surface area contributed by atoms with Crippen LogP contribution in [0.15, 0.2) is 24.3 Å². The molecule has 0 amide bonds. The van der Waals surface area contributed by atoms with Gasteiger partial charge in [-0.15, -0.1) is 0 Å². The van der Waals surface area contributed by atoms with Gasteiger partial charge in [0, 0.05) is 11.5 Å². The van der Waals surface area contributed by atoms with Gasteiger partial charge in [-0.3, -0.25) is 4.79 Å². The van der Waals surface area contributed by atoms with E-state index in [9.17, 15) is 9.59 Å². The summed E-state index contributed by atoms with van der Waals surface area (Å²) in [7, 11) is 0. The number of ether oxygens (including phenoxy) is 1. The van der Waals surface area contributed by atoms with E-state index in [1.807, 2.05) is 0 Å². The van der Waals surface area contributed by atoms with Crippen LogP contribution in [0.2, 0.25) is 0 Å². The van der Waals surface area contributed by atoms with Crippen molar-refractivity contribution in [3.63, 3.8) is 0 Å². The topological polar surface area (TPSA) is 63.6 Å². The number of carbonyl (C=O) groups is 2. The first-order valence-electron chi connectivity index (χ1n) is 4.99. The maximum absolute atomic E-state index is 10.9. The van der Waals surface area contributed by atoms with Crippen LogP contribution in [-0.4, -0.2) is 23.5 Å². The van der Waals surface area contributed by atoms with Gasteiger partial charge in [-0.25, -0.2) is 4.79 Å². The average molecular weight is 222 g/mol. The highest BCUT2D eigenvalue weighted by atomic mass is 16.5. The zero-order chi connectivity index (χ0) is 12.1. The molecule has 0 fully saturated rings.